The summed E-state index contributed by atoms with van der Waals surface area (Å²) in [6, 6.07) is 16.1. The number of fused-ring (bicyclic) bond motifs is 1. The van der Waals surface area contributed by atoms with E-state index in [4.69, 9.17) is 4.74 Å². The quantitative estimate of drug-likeness (QED) is 0.934. The zero-order valence-corrected chi connectivity index (χ0v) is 12.5. The van der Waals surface area contributed by atoms with Gasteiger partial charge in [-0.15, -0.1) is 0 Å². The van der Waals surface area contributed by atoms with Gasteiger partial charge in [0.05, 0.1) is 12.2 Å². The highest BCUT2D eigenvalue weighted by atomic mass is 16.5. The van der Waals surface area contributed by atoms with Gasteiger partial charge < -0.3 is 14.7 Å². The fourth-order valence-electron chi connectivity index (χ4n) is 2.84. The van der Waals surface area contributed by atoms with E-state index in [1.165, 1.54) is 5.56 Å². The molecule has 0 saturated carbocycles. The van der Waals surface area contributed by atoms with Crippen LogP contribution < -0.4 is 9.64 Å². The number of aromatic hydroxyl groups is 1. The lowest BCUT2D eigenvalue weighted by Crippen LogP contribution is -2.44. The molecule has 0 spiro atoms. The van der Waals surface area contributed by atoms with Crippen molar-refractivity contribution in [2.75, 3.05) is 11.4 Å². The smallest absolute Gasteiger partial charge is 0.146 e. The first-order valence-corrected chi connectivity index (χ1v) is 7.43. The van der Waals surface area contributed by atoms with E-state index in [1.54, 1.807) is 12.1 Å². The van der Waals surface area contributed by atoms with Crippen LogP contribution in [0.5, 0.6) is 11.5 Å². The van der Waals surface area contributed by atoms with E-state index in [-0.39, 0.29) is 11.9 Å². The fraction of sp³-hybridized carbons (Fsp3) is 0.333. The zero-order valence-electron chi connectivity index (χ0n) is 12.5. The number of hydrogen-bond donors (Lipinski definition) is 1. The van der Waals surface area contributed by atoms with Crippen LogP contribution in [0.25, 0.3) is 0 Å². The van der Waals surface area contributed by atoms with Gasteiger partial charge in [-0.1, -0.05) is 30.3 Å². The van der Waals surface area contributed by atoms with Crippen molar-refractivity contribution in [3.8, 4) is 11.5 Å². The highest BCUT2D eigenvalue weighted by Gasteiger charge is 2.27. The molecule has 3 nitrogen and oxygen atoms in total. The number of phenols is 1. The zero-order chi connectivity index (χ0) is 14.8. The lowest BCUT2D eigenvalue weighted by molar-refractivity contribution is 0.190. The molecule has 21 heavy (non-hydrogen) atoms. The molecule has 2 aromatic rings. The molecule has 0 aliphatic carbocycles. The van der Waals surface area contributed by atoms with Crippen molar-refractivity contribution >= 4 is 5.69 Å². The molecule has 2 aromatic carbocycles. The van der Waals surface area contributed by atoms with Crippen molar-refractivity contribution < 1.29 is 9.84 Å². The Morgan fingerprint density at radius 2 is 1.95 bits per heavy atom. The van der Waals surface area contributed by atoms with E-state index in [9.17, 15) is 5.11 Å². The Morgan fingerprint density at radius 3 is 2.67 bits per heavy atom. The summed E-state index contributed by atoms with van der Waals surface area (Å²) in [6.07, 6.45) is 0.975. The summed E-state index contributed by atoms with van der Waals surface area (Å²) in [7, 11) is 0. The van der Waals surface area contributed by atoms with E-state index < -0.39 is 0 Å². The third kappa shape index (κ3) is 2.97. The molecule has 1 heterocycles. The summed E-state index contributed by atoms with van der Waals surface area (Å²) in [5.74, 6) is 1.02. The van der Waals surface area contributed by atoms with Crippen LogP contribution >= 0.6 is 0 Å². The van der Waals surface area contributed by atoms with Crippen LogP contribution in [0.4, 0.5) is 5.69 Å². The molecule has 0 bridgehead atoms. The molecular weight excluding hydrogens is 262 g/mol. The minimum atomic E-state index is 0.101. The van der Waals surface area contributed by atoms with Crippen LogP contribution in [0.1, 0.15) is 19.4 Å². The molecule has 1 unspecified atom stereocenters. The number of rotatable bonds is 3. The average molecular weight is 283 g/mol. The molecule has 1 atom stereocenters. The standard InChI is InChI=1S/C18H21NO2/c1-13(2)19-12-16(10-14-6-4-3-5-7-14)21-18-11-15(20)8-9-17(18)19/h3-9,11,13,16,20H,10,12H2,1-2H3. The summed E-state index contributed by atoms with van der Waals surface area (Å²) < 4.78 is 6.10. The number of phenolic OH excluding ortho intramolecular Hbond substituents is 1. The molecule has 0 aromatic heterocycles. The lowest BCUT2D eigenvalue weighted by Gasteiger charge is -2.39. The highest BCUT2D eigenvalue weighted by Crippen LogP contribution is 2.37. The molecule has 1 N–H and O–H groups in total. The largest absolute Gasteiger partial charge is 0.508 e. The molecule has 3 heteroatoms. The van der Waals surface area contributed by atoms with E-state index in [0.717, 1.165) is 24.4 Å². The van der Waals surface area contributed by atoms with Gasteiger partial charge in [0.2, 0.25) is 0 Å². The third-order valence-electron chi connectivity index (χ3n) is 3.88. The highest BCUT2D eigenvalue weighted by molar-refractivity contribution is 5.63. The van der Waals surface area contributed by atoms with E-state index >= 15 is 0 Å². The number of hydrogen-bond acceptors (Lipinski definition) is 3. The summed E-state index contributed by atoms with van der Waals surface area (Å²) in [5, 5.41) is 9.69. The van der Waals surface area contributed by atoms with Crippen molar-refractivity contribution in [1.29, 1.82) is 0 Å². The van der Waals surface area contributed by atoms with Gasteiger partial charge in [0, 0.05) is 18.5 Å². The van der Waals surface area contributed by atoms with Crippen molar-refractivity contribution in [2.45, 2.75) is 32.4 Å². The summed E-state index contributed by atoms with van der Waals surface area (Å²) in [6.45, 7) is 5.23. The van der Waals surface area contributed by atoms with E-state index in [0.29, 0.717) is 6.04 Å². The van der Waals surface area contributed by atoms with Crippen LogP contribution in [0.2, 0.25) is 0 Å². The van der Waals surface area contributed by atoms with Gasteiger partial charge in [-0.05, 0) is 31.5 Å². The molecule has 1 aliphatic heterocycles. The first-order valence-electron chi connectivity index (χ1n) is 7.43. The summed E-state index contributed by atoms with van der Waals surface area (Å²) >= 11 is 0. The maximum Gasteiger partial charge on any atom is 0.146 e. The molecule has 0 saturated heterocycles. The van der Waals surface area contributed by atoms with E-state index in [2.05, 4.69) is 43.0 Å². The van der Waals surface area contributed by atoms with Crippen LogP contribution in [0, 0.1) is 0 Å². The number of ether oxygens (including phenoxy) is 1. The Balaban J connectivity index is 1.86. The van der Waals surface area contributed by atoms with Crippen LogP contribution in [0.3, 0.4) is 0 Å². The van der Waals surface area contributed by atoms with Gasteiger partial charge in [-0.3, -0.25) is 0 Å². The molecule has 0 radical (unpaired) electrons. The van der Waals surface area contributed by atoms with Gasteiger partial charge in [-0.2, -0.15) is 0 Å². The maximum absolute atomic E-state index is 9.69. The molecule has 1 aliphatic rings. The van der Waals surface area contributed by atoms with E-state index in [1.807, 2.05) is 12.1 Å². The Hall–Kier alpha value is -2.16. The van der Waals surface area contributed by atoms with Crippen molar-refractivity contribution in [2.24, 2.45) is 0 Å². The SMILES string of the molecule is CC(C)N1CC(Cc2ccccc2)Oc2cc(O)ccc21. The molecule has 0 amide bonds. The monoisotopic (exact) mass is 283 g/mol. The predicted molar refractivity (Wildman–Crippen MR) is 85.2 cm³/mol. The normalized spacial score (nSPS) is 17.5. The minimum absolute atomic E-state index is 0.101. The van der Waals surface area contributed by atoms with Crippen LogP contribution in [0.15, 0.2) is 48.5 Å². The first kappa shape index (κ1) is 13.8. The second-order valence-electron chi connectivity index (χ2n) is 5.83. The van der Waals surface area contributed by atoms with Crippen molar-refractivity contribution in [3.63, 3.8) is 0 Å². The predicted octanol–water partition coefficient (Wildman–Crippen LogP) is 3.61. The fourth-order valence-corrected chi connectivity index (χ4v) is 2.84. The van der Waals surface area contributed by atoms with Crippen molar-refractivity contribution in [1.82, 2.24) is 0 Å². The molecular formula is C18H21NO2. The minimum Gasteiger partial charge on any atom is -0.508 e. The van der Waals surface area contributed by atoms with Crippen molar-refractivity contribution in [3.05, 3.63) is 54.1 Å². The lowest BCUT2D eigenvalue weighted by atomic mass is 10.0. The Kier molecular flexibility index (Phi) is 3.74. The van der Waals surface area contributed by atoms with Gasteiger partial charge in [0.25, 0.3) is 0 Å². The Labute approximate surface area is 125 Å². The summed E-state index contributed by atoms with van der Waals surface area (Å²) in [5.41, 5.74) is 2.34. The maximum atomic E-state index is 9.69. The van der Waals surface area contributed by atoms with Crippen LogP contribution in [-0.4, -0.2) is 23.8 Å². The Bertz CT molecular complexity index is 610. The second-order valence-corrected chi connectivity index (χ2v) is 5.83. The number of nitrogens with zero attached hydrogens (tertiary/aromatic N) is 1. The van der Waals surface area contributed by atoms with Gasteiger partial charge in [-0.25, -0.2) is 0 Å². The third-order valence-corrected chi connectivity index (χ3v) is 3.88. The number of anilines is 1. The summed E-state index contributed by atoms with van der Waals surface area (Å²) in [4.78, 5) is 2.34. The van der Waals surface area contributed by atoms with Gasteiger partial charge >= 0.3 is 0 Å². The first-order chi connectivity index (χ1) is 10.1. The number of benzene rings is 2. The van der Waals surface area contributed by atoms with Gasteiger partial charge in [0.1, 0.15) is 17.6 Å². The second kappa shape index (κ2) is 5.68. The molecule has 0 fully saturated rings. The Morgan fingerprint density at radius 1 is 1.19 bits per heavy atom. The molecule has 3 rings (SSSR count). The molecule has 110 valence electrons. The topological polar surface area (TPSA) is 32.7 Å². The van der Waals surface area contributed by atoms with Crippen LogP contribution in [-0.2, 0) is 6.42 Å². The van der Waals surface area contributed by atoms with Gasteiger partial charge in [0.15, 0.2) is 0 Å². The average Bonchev–Trinajstić information content (AvgIpc) is 2.47.